The Morgan fingerprint density at radius 2 is 1.83 bits per heavy atom. The molecule has 3 aromatic carbocycles. The van der Waals surface area contributed by atoms with Crippen LogP contribution in [0.3, 0.4) is 0 Å². The van der Waals surface area contributed by atoms with E-state index in [2.05, 4.69) is 15.6 Å². The molecule has 182 valence electrons. The molecular weight excluding hydrogens is 500 g/mol. The summed E-state index contributed by atoms with van der Waals surface area (Å²) < 4.78 is 5.15. The number of rotatable bonds is 9. The number of non-ortho nitro benzene ring substituents is 1. The number of thioether (sulfide) groups is 1. The van der Waals surface area contributed by atoms with Crippen molar-refractivity contribution in [3.8, 4) is 17.0 Å². The van der Waals surface area contributed by atoms with Crippen molar-refractivity contribution in [3.05, 3.63) is 93.9 Å². The fourth-order valence-electron chi connectivity index (χ4n) is 3.15. The van der Waals surface area contributed by atoms with Crippen molar-refractivity contribution in [3.63, 3.8) is 0 Å². The predicted octanol–water partition coefficient (Wildman–Crippen LogP) is 5.71. The molecule has 36 heavy (non-hydrogen) atoms. The second-order valence-electron chi connectivity index (χ2n) is 7.39. The molecule has 0 saturated heterocycles. The minimum atomic E-state index is -0.461. The Morgan fingerprint density at radius 1 is 1.06 bits per heavy atom. The molecule has 4 aromatic rings. The topological polar surface area (TPSA) is 123 Å². The number of amides is 2. The summed E-state index contributed by atoms with van der Waals surface area (Å²) in [6, 6.07) is 20.2. The summed E-state index contributed by atoms with van der Waals surface area (Å²) in [5.41, 5.74) is 2.26. The van der Waals surface area contributed by atoms with Gasteiger partial charge in [0.1, 0.15) is 5.75 Å². The number of hydrogen-bond acceptors (Lipinski definition) is 8. The summed E-state index contributed by atoms with van der Waals surface area (Å²) in [5.74, 6) is 0.295. The smallest absolute Gasteiger partial charge is 0.270 e. The SMILES string of the molecule is COc1cccc(C(=O)Nc2ccc(SCC(=O)Nc3nc(-c4cccc([N+](=O)[O-])c4)cs3)cc2)c1. The highest BCUT2D eigenvalue weighted by atomic mass is 32.2. The normalized spacial score (nSPS) is 10.5. The Labute approximate surface area is 214 Å². The number of thiazole rings is 1. The molecule has 0 fully saturated rings. The molecule has 0 aliphatic heterocycles. The summed E-state index contributed by atoms with van der Waals surface area (Å²) in [5, 5.41) is 18.7. The number of methoxy groups -OCH3 is 1. The van der Waals surface area contributed by atoms with Gasteiger partial charge in [-0.3, -0.25) is 19.7 Å². The molecule has 2 amide bonds. The maximum atomic E-state index is 12.4. The van der Waals surface area contributed by atoms with Gasteiger partial charge in [-0.25, -0.2) is 4.98 Å². The molecule has 1 heterocycles. The van der Waals surface area contributed by atoms with Gasteiger partial charge in [0.05, 0.1) is 23.5 Å². The lowest BCUT2D eigenvalue weighted by Crippen LogP contribution is -2.13. The fraction of sp³-hybridized carbons (Fsp3) is 0.0800. The molecule has 1 aromatic heterocycles. The molecule has 0 saturated carbocycles. The largest absolute Gasteiger partial charge is 0.497 e. The lowest BCUT2D eigenvalue weighted by Gasteiger charge is -2.08. The highest BCUT2D eigenvalue weighted by molar-refractivity contribution is 8.00. The minimum Gasteiger partial charge on any atom is -0.497 e. The standard InChI is InChI=1S/C25H20N4O5S2/c1-34-20-7-3-5-17(13-20)24(31)26-18-8-10-21(11-9-18)35-15-23(30)28-25-27-22(14-36-25)16-4-2-6-19(12-16)29(32)33/h2-14H,15H2,1H3,(H,26,31)(H,27,28,30). The van der Waals surface area contributed by atoms with Gasteiger partial charge in [-0.05, 0) is 42.5 Å². The van der Waals surface area contributed by atoms with Gasteiger partial charge in [-0.1, -0.05) is 18.2 Å². The summed E-state index contributed by atoms with van der Waals surface area (Å²) in [6.45, 7) is 0. The van der Waals surface area contributed by atoms with Gasteiger partial charge < -0.3 is 15.4 Å². The monoisotopic (exact) mass is 520 g/mol. The van der Waals surface area contributed by atoms with E-state index in [1.54, 1.807) is 61.0 Å². The van der Waals surface area contributed by atoms with Crippen molar-refractivity contribution in [1.29, 1.82) is 0 Å². The first-order chi connectivity index (χ1) is 17.4. The van der Waals surface area contributed by atoms with E-state index < -0.39 is 4.92 Å². The summed E-state index contributed by atoms with van der Waals surface area (Å²) >= 11 is 2.59. The van der Waals surface area contributed by atoms with Crippen LogP contribution in [0, 0.1) is 10.1 Å². The minimum absolute atomic E-state index is 0.0200. The van der Waals surface area contributed by atoms with Crippen LogP contribution >= 0.6 is 23.1 Å². The van der Waals surface area contributed by atoms with Gasteiger partial charge in [0.15, 0.2) is 5.13 Å². The first-order valence-electron chi connectivity index (χ1n) is 10.6. The summed E-state index contributed by atoms with van der Waals surface area (Å²) in [7, 11) is 1.54. The van der Waals surface area contributed by atoms with Gasteiger partial charge in [0.2, 0.25) is 5.91 Å². The molecular formula is C25H20N4O5S2. The summed E-state index contributed by atoms with van der Waals surface area (Å²) in [4.78, 5) is 40.5. The van der Waals surface area contributed by atoms with E-state index in [1.165, 1.54) is 35.2 Å². The summed E-state index contributed by atoms with van der Waals surface area (Å²) in [6.07, 6.45) is 0. The Hall–Kier alpha value is -4.22. The van der Waals surface area contributed by atoms with Gasteiger partial charge in [0.25, 0.3) is 11.6 Å². The van der Waals surface area contributed by atoms with Crippen molar-refractivity contribution < 1.29 is 19.2 Å². The Bertz CT molecular complexity index is 1410. The first kappa shape index (κ1) is 24.9. The molecule has 0 spiro atoms. The second kappa shape index (κ2) is 11.5. The lowest BCUT2D eigenvalue weighted by atomic mass is 10.1. The Kier molecular flexibility index (Phi) is 7.93. The van der Waals surface area contributed by atoms with E-state index in [4.69, 9.17) is 4.74 Å². The number of carbonyl (C=O) groups excluding carboxylic acids is 2. The van der Waals surface area contributed by atoms with Crippen LogP contribution in [-0.4, -0.2) is 34.6 Å². The molecule has 9 nitrogen and oxygen atoms in total. The van der Waals surface area contributed by atoms with E-state index in [0.29, 0.717) is 33.4 Å². The number of ether oxygens (including phenoxy) is 1. The highest BCUT2D eigenvalue weighted by Gasteiger charge is 2.12. The van der Waals surface area contributed by atoms with Crippen molar-refractivity contribution in [2.24, 2.45) is 0 Å². The zero-order valence-corrected chi connectivity index (χ0v) is 20.6. The molecule has 11 heteroatoms. The molecule has 0 aliphatic rings. The van der Waals surface area contributed by atoms with Crippen LogP contribution in [0.1, 0.15) is 10.4 Å². The van der Waals surface area contributed by atoms with Crippen LogP contribution in [0.15, 0.2) is 83.1 Å². The number of aromatic nitrogens is 1. The second-order valence-corrected chi connectivity index (χ2v) is 9.30. The van der Waals surface area contributed by atoms with E-state index >= 15 is 0 Å². The number of hydrogen-bond donors (Lipinski definition) is 2. The van der Waals surface area contributed by atoms with Crippen LogP contribution in [0.5, 0.6) is 5.75 Å². The third kappa shape index (κ3) is 6.46. The zero-order chi connectivity index (χ0) is 25.5. The number of nitrogens with one attached hydrogen (secondary N) is 2. The Morgan fingerprint density at radius 3 is 2.58 bits per heavy atom. The maximum Gasteiger partial charge on any atom is 0.270 e. The average Bonchev–Trinajstić information content (AvgIpc) is 3.36. The van der Waals surface area contributed by atoms with Crippen LogP contribution in [0.2, 0.25) is 0 Å². The number of nitro benzene ring substituents is 1. The first-order valence-corrected chi connectivity index (χ1v) is 12.5. The number of nitro groups is 1. The van der Waals surface area contributed by atoms with Gasteiger partial charge >= 0.3 is 0 Å². The molecule has 0 radical (unpaired) electrons. The molecule has 0 unspecified atom stereocenters. The maximum absolute atomic E-state index is 12.4. The van der Waals surface area contributed by atoms with E-state index in [-0.39, 0.29) is 23.3 Å². The van der Waals surface area contributed by atoms with Crippen molar-refractivity contribution in [2.75, 3.05) is 23.5 Å². The molecule has 0 atom stereocenters. The van der Waals surface area contributed by atoms with Gasteiger partial charge in [0, 0.05) is 39.2 Å². The van der Waals surface area contributed by atoms with Crippen LogP contribution < -0.4 is 15.4 Å². The van der Waals surface area contributed by atoms with Gasteiger partial charge in [-0.2, -0.15) is 0 Å². The van der Waals surface area contributed by atoms with Crippen LogP contribution in [0.4, 0.5) is 16.5 Å². The number of nitrogens with zero attached hydrogens (tertiary/aromatic N) is 2. The Balaban J connectivity index is 1.28. The number of carbonyl (C=O) groups is 2. The third-order valence-corrected chi connectivity index (χ3v) is 6.69. The molecule has 0 bridgehead atoms. The number of benzene rings is 3. The predicted molar refractivity (Wildman–Crippen MR) is 141 cm³/mol. The molecule has 4 rings (SSSR count). The van der Waals surface area contributed by atoms with Gasteiger partial charge in [-0.15, -0.1) is 23.1 Å². The number of anilines is 2. The van der Waals surface area contributed by atoms with Crippen molar-refractivity contribution in [1.82, 2.24) is 4.98 Å². The van der Waals surface area contributed by atoms with E-state index in [9.17, 15) is 19.7 Å². The molecule has 2 N–H and O–H groups in total. The lowest BCUT2D eigenvalue weighted by molar-refractivity contribution is -0.384. The zero-order valence-electron chi connectivity index (χ0n) is 19.0. The average molecular weight is 521 g/mol. The van der Waals surface area contributed by atoms with E-state index in [1.807, 2.05) is 12.1 Å². The highest BCUT2D eigenvalue weighted by Crippen LogP contribution is 2.28. The van der Waals surface area contributed by atoms with Crippen molar-refractivity contribution >= 4 is 51.4 Å². The van der Waals surface area contributed by atoms with Crippen LogP contribution in [0.25, 0.3) is 11.3 Å². The van der Waals surface area contributed by atoms with Crippen LogP contribution in [-0.2, 0) is 4.79 Å². The fourth-order valence-corrected chi connectivity index (χ4v) is 4.58. The third-order valence-electron chi connectivity index (χ3n) is 4.92. The van der Waals surface area contributed by atoms with E-state index in [0.717, 1.165) is 4.90 Å². The molecule has 0 aliphatic carbocycles. The quantitative estimate of drug-likeness (QED) is 0.165. The van der Waals surface area contributed by atoms with Crippen molar-refractivity contribution in [2.45, 2.75) is 4.90 Å².